The van der Waals surface area contributed by atoms with Crippen LogP contribution in [0.25, 0.3) is 10.1 Å². The first-order valence-corrected chi connectivity index (χ1v) is 13.3. The average molecular weight is 446 g/mol. The third-order valence-corrected chi connectivity index (χ3v) is 9.06. The molecule has 1 aliphatic heterocycles. The second-order valence-electron chi connectivity index (χ2n) is 10.1. The van der Waals surface area contributed by atoms with Gasteiger partial charge in [0.1, 0.15) is 5.78 Å². The first kappa shape index (κ1) is 21.9. The van der Waals surface area contributed by atoms with Crippen molar-refractivity contribution >= 4 is 27.2 Å². The highest BCUT2D eigenvalue weighted by Crippen LogP contribution is 2.39. The summed E-state index contributed by atoms with van der Waals surface area (Å²) in [7, 11) is 0. The molecule has 1 saturated heterocycles. The predicted molar refractivity (Wildman–Crippen MR) is 136 cm³/mol. The van der Waals surface area contributed by atoms with Crippen molar-refractivity contribution in [3.05, 3.63) is 71.1 Å². The zero-order valence-electron chi connectivity index (χ0n) is 19.3. The maximum absolute atomic E-state index is 13.8. The molecule has 0 spiro atoms. The Morgan fingerprint density at radius 1 is 1.00 bits per heavy atom. The lowest BCUT2D eigenvalue weighted by molar-refractivity contribution is -0.129. The quantitative estimate of drug-likeness (QED) is 0.384. The molecule has 0 bridgehead atoms. The fourth-order valence-corrected chi connectivity index (χ4v) is 7.03. The Bertz CT molecular complexity index is 1050. The minimum absolute atomic E-state index is 0.247. The number of carbonyl (C=O) groups excluding carboxylic acids is 1. The Morgan fingerprint density at radius 3 is 2.62 bits per heavy atom. The van der Waals surface area contributed by atoms with Gasteiger partial charge in [0, 0.05) is 17.2 Å². The minimum atomic E-state index is -0.380. The number of thiophene rings is 1. The number of fused-ring (bicyclic) bond motifs is 1. The van der Waals surface area contributed by atoms with Gasteiger partial charge in [-0.05, 0) is 79.6 Å². The standard InChI is InChI=1S/C29H35NOS/c1-29(25-12-6-3-7-13-25,28(31)23-9-4-2-5-10-23)17-19-30-18-15-24(21-30)26-14-8-11-22-16-20-32-27(22)26/h3,6-8,11-14,16,20,23-24H,2,4-5,9-10,15,17-19,21H2,1H3. The van der Waals surface area contributed by atoms with Crippen LogP contribution in [-0.4, -0.2) is 30.3 Å². The number of likely N-dealkylation sites (tertiary alicyclic amines) is 1. The van der Waals surface area contributed by atoms with E-state index in [0.29, 0.717) is 11.7 Å². The zero-order valence-corrected chi connectivity index (χ0v) is 20.1. The van der Waals surface area contributed by atoms with Crippen LogP contribution < -0.4 is 0 Å². The van der Waals surface area contributed by atoms with Crippen LogP contribution >= 0.6 is 11.3 Å². The molecular formula is C29H35NOS. The molecule has 3 heteroatoms. The van der Waals surface area contributed by atoms with E-state index in [1.807, 2.05) is 11.3 Å². The Morgan fingerprint density at radius 2 is 1.81 bits per heavy atom. The smallest absolute Gasteiger partial charge is 0.146 e. The van der Waals surface area contributed by atoms with Crippen molar-refractivity contribution in [3.8, 4) is 0 Å². The van der Waals surface area contributed by atoms with Crippen molar-refractivity contribution in [2.24, 2.45) is 5.92 Å². The van der Waals surface area contributed by atoms with Gasteiger partial charge in [-0.2, -0.15) is 0 Å². The summed E-state index contributed by atoms with van der Waals surface area (Å²) in [6.07, 6.45) is 8.01. The van der Waals surface area contributed by atoms with E-state index in [4.69, 9.17) is 0 Å². The minimum Gasteiger partial charge on any atom is -0.303 e. The molecule has 1 aliphatic carbocycles. The van der Waals surface area contributed by atoms with Gasteiger partial charge in [0.25, 0.3) is 0 Å². The van der Waals surface area contributed by atoms with Gasteiger partial charge in [-0.1, -0.05) is 67.8 Å². The molecule has 2 aliphatic rings. The molecule has 0 N–H and O–H groups in total. The van der Waals surface area contributed by atoms with Crippen molar-refractivity contribution < 1.29 is 4.79 Å². The molecule has 1 saturated carbocycles. The number of hydrogen-bond acceptors (Lipinski definition) is 3. The van der Waals surface area contributed by atoms with Crippen LogP contribution in [0.1, 0.15) is 68.9 Å². The highest BCUT2D eigenvalue weighted by Gasteiger charge is 2.40. The summed E-state index contributed by atoms with van der Waals surface area (Å²) in [5.74, 6) is 1.34. The van der Waals surface area contributed by atoms with E-state index in [9.17, 15) is 4.79 Å². The van der Waals surface area contributed by atoms with Crippen molar-refractivity contribution in [2.45, 2.75) is 63.2 Å². The van der Waals surface area contributed by atoms with Crippen LogP contribution in [0.4, 0.5) is 0 Å². The normalized spacial score (nSPS) is 22.2. The molecule has 2 fully saturated rings. The topological polar surface area (TPSA) is 20.3 Å². The number of nitrogens with zero attached hydrogens (tertiary/aromatic N) is 1. The molecule has 2 atom stereocenters. The Hall–Kier alpha value is -1.97. The van der Waals surface area contributed by atoms with E-state index < -0.39 is 0 Å². The van der Waals surface area contributed by atoms with Gasteiger partial charge >= 0.3 is 0 Å². The fourth-order valence-electron chi connectivity index (χ4n) is 6.04. The lowest BCUT2D eigenvalue weighted by atomic mass is 9.69. The summed E-state index contributed by atoms with van der Waals surface area (Å²) < 4.78 is 1.46. The second kappa shape index (κ2) is 9.49. The summed E-state index contributed by atoms with van der Waals surface area (Å²) >= 11 is 1.87. The van der Waals surface area contributed by atoms with Crippen LogP contribution in [0.5, 0.6) is 0 Å². The summed E-state index contributed by atoms with van der Waals surface area (Å²) in [5, 5.41) is 3.59. The van der Waals surface area contributed by atoms with E-state index in [1.54, 1.807) is 0 Å². The SMILES string of the molecule is CC(CCN1CCC(c2cccc3ccsc23)C1)(C(=O)C1CCCCC1)c1ccccc1. The summed E-state index contributed by atoms with van der Waals surface area (Å²) in [4.78, 5) is 16.4. The maximum atomic E-state index is 13.8. The van der Waals surface area contributed by atoms with Crippen molar-refractivity contribution in [3.63, 3.8) is 0 Å². The number of rotatable bonds is 7. The molecule has 3 aromatic rings. The number of ketones is 1. The Balaban J connectivity index is 1.30. The van der Waals surface area contributed by atoms with Gasteiger partial charge < -0.3 is 4.90 Å². The summed E-state index contributed by atoms with van der Waals surface area (Å²) in [5.41, 5.74) is 2.34. The summed E-state index contributed by atoms with van der Waals surface area (Å²) in [6.45, 7) is 5.47. The maximum Gasteiger partial charge on any atom is 0.146 e. The Kier molecular flexibility index (Phi) is 6.48. The highest BCUT2D eigenvalue weighted by atomic mass is 32.1. The van der Waals surface area contributed by atoms with Gasteiger partial charge in [-0.3, -0.25) is 4.79 Å². The van der Waals surface area contributed by atoms with Crippen LogP contribution in [-0.2, 0) is 10.2 Å². The van der Waals surface area contributed by atoms with E-state index >= 15 is 0 Å². The molecule has 1 aromatic heterocycles. The van der Waals surface area contributed by atoms with E-state index in [1.165, 1.54) is 46.9 Å². The molecule has 2 heterocycles. The Labute approximate surface area is 196 Å². The second-order valence-corrected chi connectivity index (χ2v) is 11.0. The molecular weight excluding hydrogens is 410 g/mol. The molecule has 32 heavy (non-hydrogen) atoms. The van der Waals surface area contributed by atoms with E-state index in [-0.39, 0.29) is 11.3 Å². The third kappa shape index (κ3) is 4.30. The molecule has 2 aromatic carbocycles. The number of hydrogen-bond donors (Lipinski definition) is 0. The molecule has 0 radical (unpaired) electrons. The lowest BCUT2D eigenvalue weighted by Gasteiger charge is -2.35. The highest BCUT2D eigenvalue weighted by molar-refractivity contribution is 7.17. The third-order valence-electron chi connectivity index (χ3n) is 8.08. The zero-order chi connectivity index (χ0) is 22.0. The molecule has 5 rings (SSSR count). The lowest BCUT2D eigenvalue weighted by Crippen LogP contribution is -2.41. The van der Waals surface area contributed by atoms with Crippen LogP contribution in [0.2, 0.25) is 0 Å². The molecule has 2 nitrogen and oxygen atoms in total. The molecule has 2 unspecified atom stereocenters. The molecule has 0 amide bonds. The first-order valence-electron chi connectivity index (χ1n) is 12.4. The van der Waals surface area contributed by atoms with Gasteiger partial charge in [0.05, 0.1) is 5.41 Å². The van der Waals surface area contributed by atoms with Gasteiger partial charge in [0.15, 0.2) is 0 Å². The van der Waals surface area contributed by atoms with Crippen LogP contribution in [0, 0.1) is 5.92 Å². The van der Waals surface area contributed by atoms with Gasteiger partial charge in [0.2, 0.25) is 0 Å². The predicted octanol–water partition coefficient (Wildman–Crippen LogP) is 7.19. The average Bonchev–Trinajstić information content (AvgIpc) is 3.53. The van der Waals surface area contributed by atoms with Crippen molar-refractivity contribution in [2.75, 3.05) is 19.6 Å². The summed E-state index contributed by atoms with van der Waals surface area (Å²) in [6, 6.07) is 19.6. The number of Topliss-reactive ketones (excluding diaryl/α,β-unsaturated/α-hetero) is 1. The number of benzene rings is 2. The first-order chi connectivity index (χ1) is 15.6. The van der Waals surface area contributed by atoms with Gasteiger partial charge in [-0.25, -0.2) is 0 Å². The largest absolute Gasteiger partial charge is 0.303 e. The van der Waals surface area contributed by atoms with Crippen molar-refractivity contribution in [1.82, 2.24) is 4.90 Å². The van der Waals surface area contributed by atoms with Crippen LogP contribution in [0.3, 0.4) is 0 Å². The fraction of sp³-hybridized carbons (Fsp3) is 0.483. The number of carbonyl (C=O) groups is 1. The van der Waals surface area contributed by atoms with Crippen LogP contribution in [0.15, 0.2) is 60.0 Å². The van der Waals surface area contributed by atoms with Crippen molar-refractivity contribution in [1.29, 1.82) is 0 Å². The van der Waals surface area contributed by atoms with E-state index in [0.717, 1.165) is 38.9 Å². The van der Waals surface area contributed by atoms with E-state index in [2.05, 4.69) is 71.8 Å². The van der Waals surface area contributed by atoms with Gasteiger partial charge in [-0.15, -0.1) is 11.3 Å². The molecule has 168 valence electrons. The monoisotopic (exact) mass is 445 g/mol.